The van der Waals surface area contributed by atoms with Crippen molar-refractivity contribution in [1.29, 1.82) is 0 Å². The molecule has 0 aliphatic rings. The fourth-order valence-electron chi connectivity index (χ4n) is 4.96. The van der Waals surface area contributed by atoms with Gasteiger partial charge >= 0.3 is 0 Å². The maximum atomic E-state index is 14.6. The van der Waals surface area contributed by atoms with Crippen molar-refractivity contribution in [1.82, 2.24) is 10.2 Å². The monoisotopic (exact) mass is 647 g/mol. The van der Waals surface area contributed by atoms with Gasteiger partial charge in [0, 0.05) is 24.5 Å². The summed E-state index contributed by atoms with van der Waals surface area (Å²) in [4.78, 5) is 29.8. The Balaban J connectivity index is 1.85. The van der Waals surface area contributed by atoms with Crippen molar-refractivity contribution in [3.63, 3.8) is 0 Å². The first-order chi connectivity index (χ1) is 21.6. The van der Waals surface area contributed by atoms with Gasteiger partial charge in [-0.1, -0.05) is 91.3 Å². The van der Waals surface area contributed by atoms with E-state index in [4.69, 9.17) is 16.3 Å². The van der Waals surface area contributed by atoms with E-state index in [2.05, 4.69) is 5.32 Å². The molecule has 45 heavy (non-hydrogen) atoms. The van der Waals surface area contributed by atoms with Crippen molar-refractivity contribution in [2.75, 3.05) is 24.5 Å². The second-order valence-corrected chi connectivity index (χ2v) is 12.9. The van der Waals surface area contributed by atoms with Gasteiger partial charge in [-0.2, -0.15) is 0 Å². The zero-order valence-corrected chi connectivity index (χ0v) is 27.2. The summed E-state index contributed by atoms with van der Waals surface area (Å²) >= 11 is 6.55. The van der Waals surface area contributed by atoms with Gasteiger partial charge in [0.25, 0.3) is 10.0 Å². The molecule has 1 N–H and O–H groups in total. The second kappa shape index (κ2) is 15.6. The summed E-state index contributed by atoms with van der Waals surface area (Å²) < 4.78 is 35.1. The number of nitrogens with one attached hydrogen (secondary N) is 1. The lowest BCUT2D eigenvalue weighted by molar-refractivity contribution is -0.140. The number of carbonyl (C=O) groups is 2. The number of ether oxygens (including phenoxy) is 1. The van der Waals surface area contributed by atoms with Crippen LogP contribution in [0.1, 0.15) is 30.0 Å². The van der Waals surface area contributed by atoms with Crippen molar-refractivity contribution in [3.05, 3.63) is 125 Å². The maximum Gasteiger partial charge on any atom is 0.264 e. The van der Waals surface area contributed by atoms with E-state index in [9.17, 15) is 18.0 Å². The van der Waals surface area contributed by atoms with Crippen LogP contribution in [0.4, 0.5) is 5.69 Å². The van der Waals surface area contributed by atoms with Gasteiger partial charge in [0.05, 0.1) is 17.7 Å². The Hall–Kier alpha value is -4.34. The molecular weight excluding hydrogens is 610 g/mol. The molecule has 0 radical (unpaired) electrons. The minimum absolute atomic E-state index is 0.0142. The number of amides is 2. The van der Waals surface area contributed by atoms with Crippen LogP contribution in [-0.4, -0.2) is 51.4 Å². The third-order valence-electron chi connectivity index (χ3n) is 7.33. The Kier molecular flexibility index (Phi) is 11.6. The Morgan fingerprint density at radius 3 is 2.20 bits per heavy atom. The van der Waals surface area contributed by atoms with Crippen LogP contribution in [0.5, 0.6) is 5.75 Å². The molecule has 0 saturated carbocycles. The normalized spacial score (nSPS) is 11.8. The Morgan fingerprint density at radius 2 is 1.56 bits per heavy atom. The standard InChI is InChI=1S/C35H38ClN3O5S/c1-4-21-37-35(41)32(23-27-13-7-5-8-14-27)38(24-28-15-11-12-18-30(28)36)34(40)25-39(31-22-26(2)19-20-33(31)44-3)45(42,43)29-16-9-6-10-17-29/h5-20,22,32H,4,21,23-25H2,1-3H3,(H,37,41)/t32-/m0/s1. The number of carbonyl (C=O) groups excluding carboxylic acids is 2. The van der Waals surface area contributed by atoms with Crippen LogP contribution in [0.15, 0.2) is 108 Å². The Labute approximate surface area is 270 Å². The number of rotatable bonds is 14. The molecule has 4 rings (SSSR count). The summed E-state index contributed by atoms with van der Waals surface area (Å²) in [6.07, 6.45) is 0.921. The average Bonchev–Trinajstić information content (AvgIpc) is 3.05. The van der Waals surface area contributed by atoms with E-state index in [1.54, 1.807) is 60.7 Å². The fourth-order valence-corrected chi connectivity index (χ4v) is 6.59. The van der Waals surface area contributed by atoms with E-state index in [0.29, 0.717) is 23.6 Å². The molecule has 0 aliphatic heterocycles. The molecule has 0 bridgehead atoms. The Morgan fingerprint density at radius 1 is 0.911 bits per heavy atom. The van der Waals surface area contributed by atoms with E-state index in [1.165, 1.54) is 24.1 Å². The number of methoxy groups -OCH3 is 1. The minimum atomic E-state index is -4.25. The first kappa shape index (κ1) is 33.6. The van der Waals surface area contributed by atoms with Gasteiger partial charge in [-0.25, -0.2) is 8.42 Å². The lowest BCUT2D eigenvalue weighted by Crippen LogP contribution is -2.53. The van der Waals surface area contributed by atoms with Crippen LogP contribution in [0.3, 0.4) is 0 Å². The number of hydrogen-bond acceptors (Lipinski definition) is 5. The zero-order chi connectivity index (χ0) is 32.4. The highest BCUT2D eigenvalue weighted by molar-refractivity contribution is 7.92. The van der Waals surface area contributed by atoms with E-state index in [1.807, 2.05) is 44.2 Å². The van der Waals surface area contributed by atoms with Gasteiger partial charge < -0.3 is 15.0 Å². The van der Waals surface area contributed by atoms with Gasteiger partial charge in [-0.3, -0.25) is 13.9 Å². The molecule has 0 spiro atoms. The van der Waals surface area contributed by atoms with Gasteiger partial charge in [0.1, 0.15) is 18.3 Å². The molecule has 4 aromatic carbocycles. The highest BCUT2D eigenvalue weighted by Crippen LogP contribution is 2.34. The number of halogens is 1. The lowest BCUT2D eigenvalue weighted by atomic mass is 10.0. The first-order valence-electron chi connectivity index (χ1n) is 14.7. The molecule has 4 aromatic rings. The number of nitrogens with zero attached hydrogens (tertiary/aromatic N) is 2. The second-order valence-electron chi connectivity index (χ2n) is 10.6. The number of benzene rings is 4. The molecule has 10 heteroatoms. The molecule has 0 heterocycles. The third-order valence-corrected chi connectivity index (χ3v) is 9.47. The largest absolute Gasteiger partial charge is 0.495 e. The highest BCUT2D eigenvalue weighted by Gasteiger charge is 2.35. The fraction of sp³-hybridized carbons (Fsp3) is 0.257. The van der Waals surface area contributed by atoms with Crippen molar-refractivity contribution in [2.24, 2.45) is 0 Å². The van der Waals surface area contributed by atoms with Crippen LogP contribution in [-0.2, 0) is 32.6 Å². The molecule has 0 aliphatic carbocycles. The summed E-state index contributed by atoms with van der Waals surface area (Å²) in [5.41, 5.74) is 2.46. The number of aryl methyl sites for hydroxylation is 1. The molecule has 8 nitrogen and oxygen atoms in total. The van der Waals surface area contributed by atoms with E-state index >= 15 is 0 Å². The zero-order valence-electron chi connectivity index (χ0n) is 25.6. The van der Waals surface area contributed by atoms with Crippen molar-refractivity contribution >= 4 is 39.1 Å². The molecule has 0 unspecified atom stereocenters. The molecule has 236 valence electrons. The van der Waals surface area contributed by atoms with Crippen LogP contribution in [0.25, 0.3) is 0 Å². The van der Waals surface area contributed by atoms with Crippen LogP contribution in [0.2, 0.25) is 5.02 Å². The molecule has 1 atom stereocenters. The number of hydrogen-bond donors (Lipinski definition) is 1. The molecule has 0 aromatic heterocycles. The summed E-state index contributed by atoms with van der Waals surface area (Å²) in [6.45, 7) is 3.59. The molecule has 0 saturated heterocycles. The maximum absolute atomic E-state index is 14.6. The molecular formula is C35H38ClN3O5S. The predicted octanol–water partition coefficient (Wildman–Crippen LogP) is 6.02. The van der Waals surface area contributed by atoms with Gasteiger partial charge in [0.2, 0.25) is 11.8 Å². The minimum Gasteiger partial charge on any atom is -0.495 e. The number of anilines is 1. The van der Waals surface area contributed by atoms with Crippen molar-refractivity contribution in [3.8, 4) is 5.75 Å². The smallest absolute Gasteiger partial charge is 0.264 e. The summed E-state index contributed by atoms with van der Waals surface area (Å²) in [6, 6.07) is 28.6. The van der Waals surface area contributed by atoms with Crippen molar-refractivity contribution in [2.45, 2.75) is 44.2 Å². The molecule has 0 fully saturated rings. The SMILES string of the molecule is CCCNC(=O)[C@H](Cc1ccccc1)N(Cc1ccccc1Cl)C(=O)CN(c1cc(C)ccc1OC)S(=O)(=O)c1ccccc1. The third kappa shape index (κ3) is 8.44. The number of sulfonamides is 1. The lowest BCUT2D eigenvalue weighted by Gasteiger charge is -2.34. The first-order valence-corrected chi connectivity index (χ1v) is 16.5. The van der Waals surface area contributed by atoms with E-state index in [0.717, 1.165) is 15.4 Å². The van der Waals surface area contributed by atoms with Gasteiger partial charge in [-0.15, -0.1) is 0 Å². The van der Waals surface area contributed by atoms with Crippen LogP contribution < -0.4 is 14.4 Å². The quantitative estimate of drug-likeness (QED) is 0.181. The van der Waals surface area contributed by atoms with Gasteiger partial charge in [-0.05, 0) is 60.4 Å². The summed E-state index contributed by atoms with van der Waals surface area (Å²) in [7, 11) is -2.81. The summed E-state index contributed by atoms with van der Waals surface area (Å²) in [5, 5.41) is 3.37. The Bertz CT molecular complexity index is 1700. The summed E-state index contributed by atoms with van der Waals surface area (Å²) in [5.74, 6) is -0.635. The van der Waals surface area contributed by atoms with Crippen LogP contribution in [0, 0.1) is 6.92 Å². The average molecular weight is 648 g/mol. The van der Waals surface area contributed by atoms with Crippen molar-refractivity contribution < 1.29 is 22.7 Å². The molecule has 2 amide bonds. The van der Waals surface area contributed by atoms with Crippen LogP contribution >= 0.6 is 11.6 Å². The van der Waals surface area contributed by atoms with E-state index in [-0.39, 0.29) is 35.2 Å². The van der Waals surface area contributed by atoms with E-state index < -0.39 is 28.5 Å². The van der Waals surface area contributed by atoms with Gasteiger partial charge in [0.15, 0.2) is 0 Å². The topological polar surface area (TPSA) is 96.0 Å². The predicted molar refractivity (Wildman–Crippen MR) is 178 cm³/mol. The highest BCUT2D eigenvalue weighted by atomic mass is 35.5.